The predicted molar refractivity (Wildman–Crippen MR) is 130 cm³/mol. The van der Waals surface area contributed by atoms with E-state index in [2.05, 4.69) is 0 Å². The van der Waals surface area contributed by atoms with Gasteiger partial charge in [-0.2, -0.15) is 0 Å². The van der Waals surface area contributed by atoms with Crippen LogP contribution in [0.5, 0.6) is 5.75 Å². The molecular formula is C27H24ClNO4. The number of anilines is 1. The molecular weight excluding hydrogens is 438 g/mol. The molecule has 1 N–H and O–H groups in total. The zero-order valence-electron chi connectivity index (χ0n) is 18.6. The van der Waals surface area contributed by atoms with Gasteiger partial charge in [-0.3, -0.25) is 14.5 Å². The lowest BCUT2D eigenvalue weighted by atomic mass is 9.93. The van der Waals surface area contributed by atoms with Gasteiger partial charge in [0.15, 0.2) is 0 Å². The Labute approximate surface area is 197 Å². The fraction of sp³-hybridized carbons (Fsp3) is 0.185. The Balaban J connectivity index is 1.94. The predicted octanol–water partition coefficient (Wildman–Crippen LogP) is 6.10. The lowest BCUT2D eigenvalue weighted by Crippen LogP contribution is -2.29. The van der Waals surface area contributed by atoms with E-state index in [1.54, 1.807) is 49.6 Å². The van der Waals surface area contributed by atoms with Crippen molar-refractivity contribution < 1.29 is 19.4 Å². The summed E-state index contributed by atoms with van der Waals surface area (Å²) < 4.78 is 5.44. The average molecular weight is 462 g/mol. The number of amides is 1. The molecule has 3 aromatic rings. The van der Waals surface area contributed by atoms with Gasteiger partial charge in [-0.1, -0.05) is 61.8 Å². The van der Waals surface area contributed by atoms with E-state index < -0.39 is 17.7 Å². The van der Waals surface area contributed by atoms with E-state index in [9.17, 15) is 14.7 Å². The molecule has 1 amide bonds. The van der Waals surface area contributed by atoms with Crippen molar-refractivity contribution in [1.82, 2.24) is 0 Å². The lowest BCUT2D eigenvalue weighted by molar-refractivity contribution is -0.132. The third-order valence-electron chi connectivity index (χ3n) is 5.77. The molecule has 1 aliphatic heterocycles. The number of rotatable bonds is 5. The standard InChI is InChI=1S/C27H24ClNO4/c1-16(2)21-14-18(12-13-22(21)33-3)25(30)23-24(17-8-5-4-6-9-17)29(27(32)26(23)31)20-11-7-10-19(28)15-20/h4-16,24,30H,1-3H3/b25-23-. The molecule has 4 rings (SSSR count). The molecule has 5 nitrogen and oxygen atoms in total. The third kappa shape index (κ3) is 4.12. The van der Waals surface area contributed by atoms with Crippen molar-refractivity contribution in [2.75, 3.05) is 12.0 Å². The van der Waals surface area contributed by atoms with Crippen molar-refractivity contribution in [3.8, 4) is 5.75 Å². The summed E-state index contributed by atoms with van der Waals surface area (Å²) in [7, 11) is 1.59. The molecule has 6 heteroatoms. The van der Waals surface area contributed by atoms with Crippen molar-refractivity contribution in [2.24, 2.45) is 0 Å². The molecule has 0 spiro atoms. The maximum absolute atomic E-state index is 13.2. The van der Waals surface area contributed by atoms with Crippen LogP contribution in [0.3, 0.4) is 0 Å². The number of hydrogen-bond donors (Lipinski definition) is 1. The van der Waals surface area contributed by atoms with E-state index in [4.69, 9.17) is 16.3 Å². The Morgan fingerprint density at radius 1 is 1.00 bits per heavy atom. The molecule has 33 heavy (non-hydrogen) atoms. The Bertz CT molecular complexity index is 1250. The van der Waals surface area contributed by atoms with Crippen LogP contribution >= 0.6 is 11.6 Å². The van der Waals surface area contributed by atoms with E-state index in [0.717, 1.165) is 5.56 Å². The van der Waals surface area contributed by atoms with Crippen LogP contribution in [0, 0.1) is 0 Å². The second-order valence-corrected chi connectivity index (χ2v) is 8.61. The molecule has 168 valence electrons. The SMILES string of the molecule is COc1ccc(/C(O)=C2/C(=O)C(=O)N(c3cccc(Cl)c3)C2c2ccccc2)cc1C(C)C. The van der Waals surface area contributed by atoms with Crippen LogP contribution < -0.4 is 9.64 Å². The van der Waals surface area contributed by atoms with Crippen LogP contribution in [-0.2, 0) is 9.59 Å². The normalized spacial score (nSPS) is 17.6. The minimum atomic E-state index is -0.797. The highest BCUT2D eigenvalue weighted by Gasteiger charge is 2.47. The molecule has 1 unspecified atom stereocenters. The summed E-state index contributed by atoms with van der Waals surface area (Å²) in [6, 6.07) is 20.4. The molecule has 0 radical (unpaired) electrons. The number of ketones is 1. The van der Waals surface area contributed by atoms with E-state index in [0.29, 0.717) is 27.6 Å². The summed E-state index contributed by atoms with van der Waals surface area (Å²) in [6.07, 6.45) is 0. The van der Waals surface area contributed by atoms with E-state index in [1.165, 1.54) is 4.90 Å². The molecule has 3 aromatic carbocycles. The summed E-state index contributed by atoms with van der Waals surface area (Å²) in [4.78, 5) is 27.8. The molecule has 1 fully saturated rings. The van der Waals surface area contributed by atoms with Crippen LogP contribution in [0.25, 0.3) is 5.76 Å². The Hall–Kier alpha value is -3.57. The van der Waals surface area contributed by atoms with Gasteiger partial charge in [-0.25, -0.2) is 0 Å². The van der Waals surface area contributed by atoms with Crippen LogP contribution in [-0.4, -0.2) is 23.9 Å². The zero-order valence-corrected chi connectivity index (χ0v) is 19.3. The maximum atomic E-state index is 13.2. The number of Topliss-reactive ketones (excluding diaryl/α,β-unsaturated/α-hetero) is 1. The molecule has 1 heterocycles. The van der Waals surface area contributed by atoms with Crippen molar-refractivity contribution in [1.29, 1.82) is 0 Å². The molecule has 1 saturated heterocycles. The largest absolute Gasteiger partial charge is 0.507 e. The second kappa shape index (κ2) is 9.12. The van der Waals surface area contributed by atoms with Gasteiger partial charge in [0.25, 0.3) is 11.7 Å². The first-order valence-corrected chi connectivity index (χ1v) is 11.0. The van der Waals surface area contributed by atoms with Crippen molar-refractivity contribution in [3.05, 3.63) is 100 Å². The van der Waals surface area contributed by atoms with Gasteiger partial charge < -0.3 is 9.84 Å². The molecule has 0 aliphatic carbocycles. The van der Waals surface area contributed by atoms with Gasteiger partial charge in [0, 0.05) is 16.3 Å². The Morgan fingerprint density at radius 2 is 1.73 bits per heavy atom. The number of aliphatic hydroxyl groups excluding tert-OH is 1. The lowest BCUT2D eigenvalue weighted by Gasteiger charge is -2.25. The summed E-state index contributed by atoms with van der Waals surface area (Å²) in [6.45, 7) is 4.04. The minimum Gasteiger partial charge on any atom is -0.507 e. The number of aliphatic hydroxyl groups is 1. The number of methoxy groups -OCH3 is 1. The van der Waals surface area contributed by atoms with Crippen LogP contribution in [0.15, 0.2) is 78.4 Å². The highest BCUT2D eigenvalue weighted by atomic mass is 35.5. The third-order valence-corrected chi connectivity index (χ3v) is 6.01. The Kier molecular flexibility index (Phi) is 6.25. The van der Waals surface area contributed by atoms with Crippen LogP contribution in [0.1, 0.15) is 42.5 Å². The first-order valence-electron chi connectivity index (χ1n) is 10.6. The fourth-order valence-electron chi connectivity index (χ4n) is 4.16. The van der Waals surface area contributed by atoms with Gasteiger partial charge in [-0.15, -0.1) is 0 Å². The molecule has 0 saturated carbocycles. The number of hydrogen-bond acceptors (Lipinski definition) is 4. The first kappa shape index (κ1) is 22.6. The monoisotopic (exact) mass is 461 g/mol. The average Bonchev–Trinajstić information content (AvgIpc) is 3.09. The number of benzene rings is 3. The van der Waals surface area contributed by atoms with Gasteiger partial charge >= 0.3 is 0 Å². The van der Waals surface area contributed by atoms with Gasteiger partial charge in [0.1, 0.15) is 11.5 Å². The van der Waals surface area contributed by atoms with Crippen LogP contribution in [0.4, 0.5) is 5.69 Å². The van der Waals surface area contributed by atoms with E-state index >= 15 is 0 Å². The summed E-state index contributed by atoms with van der Waals surface area (Å²) in [5.41, 5.74) is 2.56. The quantitative estimate of drug-likeness (QED) is 0.283. The van der Waals surface area contributed by atoms with Crippen molar-refractivity contribution >= 4 is 34.7 Å². The van der Waals surface area contributed by atoms with Crippen molar-refractivity contribution in [2.45, 2.75) is 25.8 Å². The summed E-state index contributed by atoms with van der Waals surface area (Å²) in [5, 5.41) is 11.8. The number of halogens is 1. The number of nitrogens with zero attached hydrogens (tertiary/aromatic N) is 1. The first-order chi connectivity index (χ1) is 15.8. The smallest absolute Gasteiger partial charge is 0.300 e. The zero-order chi connectivity index (χ0) is 23.7. The van der Waals surface area contributed by atoms with E-state index in [-0.39, 0.29) is 17.3 Å². The van der Waals surface area contributed by atoms with Gasteiger partial charge in [-0.05, 0) is 53.4 Å². The Morgan fingerprint density at radius 3 is 2.36 bits per heavy atom. The fourth-order valence-corrected chi connectivity index (χ4v) is 4.35. The minimum absolute atomic E-state index is 0.0334. The summed E-state index contributed by atoms with van der Waals surface area (Å²) in [5.74, 6) is -0.864. The molecule has 1 atom stereocenters. The second-order valence-electron chi connectivity index (χ2n) is 8.17. The number of carbonyl (C=O) groups excluding carboxylic acids is 2. The number of carbonyl (C=O) groups is 2. The van der Waals surface area contributed by atoms with Crippen LogP contribution in [0.2, 0.25) is 5.02 Å². The highest BCUT2D eigenvalue weighted by molar-refractivity contribution is 6.51. The van der Waals surface area contributed by atoms with E-state index in [1.807, 2.05) is 44.2 Å². The molecule has 0 bridgehead atoms. The number of ether oxygens (including phenoxy) is 1. The molecule has 0 aromatic heterocycles. The topological polar surface area (TPSA) is 66.8 Å². The molecule has 1 aliphatic rings. The van der Waals surface area contributed by atoms with Crippen molar-refractivity contribution in [3.63, 3.8) is 0 Å². The summed E-state index contributed by atoms with van der Waals surface area (Å²) >= 11 is 6.18. The maximum Gasteiger partial charge on any atom is 0.300 e. The highest BCUT2D eigenvalue weighted by Crippen LogP contribution is 2.43. The van der Waals surface area contributed by atoms with Gasteiger partial charge in [0.05, 0.1) is 18.7 Å². The van der Waals surface area contributed by atoms with Gasteiger partial charge in [0.2, 0.25) is 0 Å².